The maximum atomic E-state index is 4.58. The molecule has 1 N–H and O–H groups in total. The Bertz CT molecular complexity index is 779. The van der Waals surface area contributed by atoms with Crippen LogP contribution in [0, 0.1) is 0 Å². The summed E-state index contributed by atoms with van der Waals surface area (Å²) in [5.41, 5.74) is 1.97. The monoisotopic (exact) mass is 369 g/mol. The molecular formula is C17H16BrN5. The van der Waals surface area contributed by atoms with Gasteiger partial charge in [0.2, 0.25) is 5.95 Å². The number of hydrogen-bond acceptors (Lipinski definition) is 5. The zero-order chi connectivity index (χ0) is 16.1. The van der Waals surface area contributed by atoms with Gasteiger partial charge in [0.25, 0.3) is 0 Å². The zero-order valence-corrected chi connectivity index (χ0v) is 14.2. The highest BCUT2D eigenvalue weighted by atomic mass is 79.9. The Labute approximate surface area is 143 Å². The third-order valence-electron chi connectivity index (χ3n) is 3.33. The molecule has 0 aliphatic rings. The van der Waals surface area contributed by atoms with E-state index in [0.29, 0.717) is 5.95 Å². The van der Waals surface area contributed by atoms with E-state index < -0.39 is 0 Å². The van der Waals surface area contributed by atoms with E-state index in [9.17, 15) is 0 Å². The van der Waals surface area contributed by atoms with Crippen molar-refractivity contribution in [3.05, 3.63) is 65.3 Å². The Morgan fingerprint density at radius 2 is 1.78 bits per heavy atom. The summed E-state index contributed by atoms with van der Waals surface area (Å²) < 4.78 is 0.949. The second-order valence-electron chi connectivity index (χ2n) is 4.82. The van der Waals surface area contributed by atoms with E-state index in [1.54, 1.807) is 6.20 Å². The minimum Gasteiger partial charge on any atom is -0.325 e. The number of halogens is 1. The predicted octanol–water partition coefficient (Wildman–Crippen LogP) is 4.54. The lowest BCUT2D eigenvalue weighted by Crippen LogP contribution is -2.18. The highest BCUT2D eigenvalue weighted by molar-refractivity contribution is 9.10. The quantitative estimate of drug-likeness (QED) is 0.715. The van der Waals surface area contributed by atoms with E-state index in [-0.39, 0.29) is 0 Å². The first-order valence-corrected chi connectivity index (χ1v) is 8.11. The van der Waals surface area contributed by atoms with Crippen molar-refractivity contribution in [3.63, 3.8) is 0 Å². The van der Waals surface area contributed by atoms with Crippen LogP contribution in [0.1, 0.15) is 6.92 Å². The van der Waals surface area contributed by atoms with Crippen LogP contribution in [0.25, 0.3) is 0 Å². The van der Waals surface area contributed by atoms with Crippen LogP contribution in [0.15, 0.2) is 65.3 Å². The summed E-state index contributed by atoms with van der Waals surface area (Å²) in [5.74, 6) is 1.21. The van der Waals surface area contributed by atoms with E-state index in [2.05, 4.69) is 48.3 Å². The van der Waals surface area contributed by atoms with Gasteiger partial charge in [0.05, 0.1) is 11.9 Å². The van der Waals surface area contributed by atoms with Crippen molar-refractivity contribution in [2.75, 3.05) is 16.8 Å². The first-order chi connectivity index (χ1) is 11.3. The van der Waals surface area contributed by atoms with E-state index >= 15 is 0 Å². The average Bonchev–Trinajstić information content (AvgIpc) is 2.59. The van der Waals surface area contributed by atoms with Crippen LogP contribution in [-0.4, -0.2) is 21.7 Å². The van der Waals surface area contributed by atoms with Gasteiger partial charge in [0, 0.05) is 16.7 Å². The molecular weight excluding hydrogens is 354 g/mol. The molecule has 5 nitrogen and oxygen atoms in total. The van der Waals surface area contributed by atoms with Gasteiger partial charge in [-0.25, -0.2) is 0 Å². The number of rotatable bonds is 5. The molecule has 0 spiro atoms. The van der Waals surface area contributed by atoms with Crippen molar-refractivity contribution >= 4 is 39.1 Å². The van der Waals surface area contributed by atoms with Crippen LogP contribution >= 0.6 is 15.9 Å². The molecule has 0 saturated carbocycles. The van der Waals surface area contributed by atoms with Crippen LogP contribution < -0.4 is 10.2 Å². The molecule has 3 aromatic rings. The number of nitrogens with one attached hydrogen (secondary N) is 1. The number of hydrogen-bond donors (Lipinski definition) is 1. The number of anilines is 4. The summed E-state index contributed by atoms with van der Waals surface area (Å²) in [6, 6.07) is 17.9. The Morgan fingerprint density at radius 1 is 1.04 bits per heavy atom. The lowest BCUT2D eigenvalue weighted by Gasteiger charge is -2.21. The largest absolute Gasteiger partial charge is 0.325 e. The molecule has 0 bridgehead atoms. The average molecular weight is 370 g/mol. The van der Waals surface area contributed by atoms with Gasteiger partial charge >= 0.3 is 0 Å². The number of benzene rings is 2. The normalized spacial score (nSPS) is 10.3. The van der Waals surface area contributed by atoms with Gasteiger partial charge < -0.3 is 10.2 Å². The number of aromatic nitrogens is 3. The van der Waals surface area contributed by atoms with Gasteiger partial charge in [-0.1, -0.05) is 30.3 Å². The van der Waals surface area contributed by atoms with Gasteiger partial charge in [-0.3, -0.25) is 0 Å². The third kappa shape index (κ3) is 3.65. The van der Waals surface area contributed by atoms with Crippen LogP contribution in [0.2, 0.25) is 0 Å². The number of para-hydroxylation sites is 2. The first kappa shape index (κ1) is 15.4. The van der Waals surface area contributed by atoms with Crippen molar-refractivity contribution in [1.82, 2.24) is 15.2 Å². The van der Waals surface area contributed by atoms with Crippen LogP contribution in [-0.2, 0) is 0 Å². The fraction of sp³-hybridized carbons (Fsp3) is 0.118. The van der Waals surface area contributed by atoms with Crippen molar-refractivity contribution in [2.45, 2.75) is 6.92 Å². The molecule has 3 rings (SSSR count). The Hall–Kier alpha value is -2.47. The molecule has 6 heteroatoms. The minimum atomic E-state index is 0.462. The molecule has 0 aliphatic carbocycles. The van der Waals surface area contributed by atoms with E-state index in [0.717, 1.165) is 28.2 Å². The summed E-state index contributed by atoms with van der Waals surface area (Å²) >= 11 is 3.50. The molecule has 116 valence electrons. The summed E-state index contributed by atoms with van der Waals surface area (Å²) in [4.78, 5) is 6.66. The van der Waals surface area contributed by atoms with E-state index in [1.165, 1.54) is 0 Å². The van der Waals surface area contributed by atoms with Gasteiger partial charge in [-0.15, -0.1) is 5.10 Å². The molecule has 1 heterocycles. The second kappa shape index (κ2) is 7.19. The fourth-order valence-corrected chi connectivity index (χ4v) is 2.63. The highest BCUT2D eigenvalue weighted by Gasteiger charge is 2.11. The summed E-state index contributed by atoms with van der Waals surface area (Å²) in [6.45, 7) is 2.87. The van der Waals surface area contributed by atoms with Gasteiger partial charge in [-0.05, 0) is 47.1 Å². The minimum absolute atomic E-state index is 0.462. The molecule has 2 aromatic carbocycles. The molecule has 23 heavy (non-hydrogen) atoms. The van der Waals surface area contributed by atoms with Gasteiger partial charge in [-0.2, -0.15) is 10.1 Å². The summed E-state index contributed by atoms with van der Waals surface area (Å²) in [7, 11) is 0. The molecule has 0 radical (unpaired) electrons. The maximum Gasteiger partial charge on any atom is 0.249 e. The summed E-state index contributed by atoms with van der Waals surface area (Å²) in [6.07, 6.45) is 1.67. The molecule has 0 atom stereocenters. The molecule has 0 unspecified atom stereocenters. The van der Waals surface area contributed by atoms with Crippen LogP contribution in [0.4, 0.5) is 23.1 Å². The van der Waals surface area contributed by atoms with Crippen molar-refractivity contribution in [3.8, 4) is 0 Å². The van der Waals surface area contributed by atoms with E-state index in [1.807, 2.05) is 54.6 Å². The maximum absolute atomic E-state index is 4.58. The standard InChI is InChI=1S/C17H16BrN5/c1-2-23(13-8-4-3-5-9-13)16-12-19-22-17(21-16)20-15-11-7-6-10-14(15)18/h3-12H,2H2,1H3,(H,20,21,22). The predicted molar refractivity (Wildman–Crippen MR) is 96.4 cm³/mol. The Kier molecular flexibility index (Phi) is 4.83. The van der Waals surface area contributed by atoms with Crippen molar-refractivity contribution in [1.29, 1.82) is 0 Å². The van der Waals surface area contributed by atoms with Crippen LogP contribution in [0.3, 0.4) is 0 Å². The Balaban J connectivity index is 1.89. The SMILES string of the molecule is CCN(c1ccccc1)c1cnnc(Nc2ccccc2Br)n1. The highest BCUT2D eigenvalue weighted by Crippen LogP contribution is 2.26. The van der Waals surface area contributed by atoms with Crippen LogP contribution in [0.5, 0.6) is 0 Å². The zero-order valence-electron chi connectivity index (χ0n) is 12.6. The van der Waals surface area contributed by atoms with E-state index in [4.69, 9.17) is 0 Å². The third-order valence-corrected chi connectivity index (χ3v) is 4.02. The topological polar surface area (TPSA) is 53.9 Å². The van der Waals surface area contributed by atoms with Crippen molar-refractivity contribution < 1.29 is 0 Å². The molecule has 0 fully saturated rings. The lowest BCUT2D eigenvalue weighted by atomic mass is 10.3. The molecule has 1 aromatic heterocycles. The summed E-state index contributed by atoms with van der Waals surface area (Å²) in [5, 5.41) is 11.3. The molecule has 0 amide bonds. The van der Waals surface area contributed by atoms with Crippen molar-refractivity contribution in [2.24, 2.45) is 0 Å². The molecule has 0 aliphatic heterocycles. The first-order valence-electron chi connectivity index (χ1n) is 7.32. The van der Waals surface area contributed by atoms with Gasteiger partial charge in [0.15, 0.2) is 5.82 Å². The second-order valence-corrected chi connectivity index (χ2v) is 5.68. The molecule has 0 saturated heterocycles. The smallest absolute Gasteiger partial charge is 0.249 e. The fourth-order valence-electron chi connectivity index (χ4n) is 2.25. The lowest BCUT2D eigenvalue weighted by molar-refractivity contribution is 0.922. The Morgan fingerprint density at radius 3 is 2.52 bits per heavy atom. The number of nitrogens with zero attached hydrogens (tertiary/aromatic N) is 4. The van der Waals surface area contributed by atoms with Gasteiger partial charge in [0.1, 0.15) is 0 Å².